The highest BCUT2D eigenvalue weighted by Crippen LogP contribution is 2.42. The largest absolute Gasteiger partial charge is 0.351 e. The van der Waals surface area contributed by atoms with Gasteiger partial charge in [0.15, 0.2) is 0 Å². The molecule has 0 bridgehead atoms. The summed E-state index contributed by atoms with van der Waals surface area (Å²) in [5.41, 5.74) is 5.10. The molecule has 1 aliphatic carbocycles. The van der Waals surface area contributed by atoms with Crippen molar-refractivity contribution in [3.63, 3.8) is 0 Å². The molecule has 26 heavy (non-hydrogen) atoms. The number of aryl methyl sites for hydroxylation is 1. The lowest BCUT2D eigenvalue weighted by Gasteiger charge is -2.13. The average Bonchev–Trinajstić information content (AvgIpc) is 3.37. The summed E-state index contributed by atoms with van der Waals surface area (Å²) in [5, 5.41) is 8.03. The molecule has 1 heterocycles. The second kappa shape index (κ2) is 8.04. The van der Waals surface area contributed by atoms with E-state index in [0.29, 0.717) is 12.5 Å². The highest BCUT2D eigenvalue weighted by atomic mass is 16.1. The number of para-hydroxylation sites is 1. The van der Waals surface area contributed by atoms with Gasteiger partial charge in [-0.25, -0.2) is 4.68 Å². The number of rotatable bonds is 8. The first-order valence-electron chi connectivity index (χ1n) is 9.63. The highest BCUT2D eigenvalue weighted by Gasteiger charge is 2.34. The third-order valence-corrected chi connectivity index (χ3v) is 4.87. The molecular formula is C21H30N4O. The molecule has 140 valence electrons. The van der Waals surface area contributed by atoms with Gasteiger partial charge in [-0.2, -0.15) is 5.10 Å². The molecule has 0 atom stereocenters. The normalized spacial score (nSPS) is 14.0. The minimum absolute atomic E-state index is 0.0250. The maximum Gasteiger partial charge on any atom is 0.255 e. The van der Waals surface area contributed by atoms with Gasteiger partial charge in [-0.3, -0.25) is 4.79 Å². The maximum absolute atomic E-state index is 13.0. The fraction of sp³-hybridized carbons (Fsp3) is 0.524. The number of nitrogens with zero attached hydrogens (tertiary/aromatic N) is 3. The number of hydrogen-bond acceptors (Lipinski definition) is 3. The smallest absolute Gasteiger partial charge is 0.255 e. The van der Waals surface area contributed by atoms with Gasteiger partial charge in [0.25, 0.3) is 5.91 Å². The molecule has 1 aliphatic rings. The molecule has 5 heteroatoms. The third kappa shape index (κ3) is 3.98. The van der Waals surface area contributed by atoms with Gasteiger partial charge in [0.2, 0.25) is 0 Å². The zero-order valence-electron chi connectivity index (χ0n) is 16.4. The van der Waals surface area contributed by atoms with Crippen LogP contribution in [0.25, 0.3) is 5.69 Å². The van der Waals surface area contributed by atoms with Gasteiger partial charge in [0.1, 0.15) is 0 Å². The highest BCUT2D eigenvalue weighted by molar-refractivity contribution is 5.97. The lowest BCUT2D eigenvalue weighted by Crippen LogP contribution is -2.32. The maximum atomic E-state index is 13.0. The van der Waals surface area contributed by atoms with Gasteiger partial charge in [-0.05, 0) is 51.9 Å². The molecule has 1 amide bonds. The van der Waals surface area contributed by atoms with Crippen LogP contribution in [-0.2, 0) is 6.42 Å². The first-order chi connectivity index (χ1) is 12.5. The first-order valence-corrected chi connectivity index (χ1v) is 9.63. The van der Waals surface area contributed by atoms with Gasteiger partial charge in [-0.1, -0.05) is 31.5 Å². The van der Waals surface area contributed by atoms with Crippen LogP contribution in [0.1, 0.15) is 59.4 Å². The molecule has 0 radical (unpaired) electrons. The predicted molar refractivity (Wildman–Crippen MR) is 105 cm³/mol. The van der Waals surface area contributed by atoms with Crippen molar-refractivity contribution >= 4 is 5.91 Å². The molecule has 0 aliphatic heterocycles. The summed E-state index contributed by atoms with van der Waals surface area (Å²) in [6.45, 7) is 5.73. The zero-order chi connectivity index (χ0) is 18.7. The average molecular weight is 354 g/mol. The Hall–Kier alpha value is -2.14. The van der Waals surface area contributed by atoms with Gasteiger partial charge >= 0.3 is 0 Å². The van der Waals surface area contributed by atoms with Gasteiger partial charge in [0.05, 0.1) is 22.6 Å². The van der Waals surface area contributed by atoms with Gasteiger partial charge in [-0.15, -0.1) is 0 Å². The SMILES string of the molecule is CCCc1c(C(=O)NCCN(C)C)c(C2CC2)nn1-c1ccccc1C. The Morgan fingerprint density at radius 1 is 1.31 bits per heavy atom. The lowest BCUT2D eigenvalue weighted by atomic mass is 10.1. The summed E-state index contributed by atoms with van der Waals surface area (Å²) in [5.74, 6) is 0.461. The molecule has 1 fully saturated rings. The van der Waals surface area contributed by atoms with E-state index in [1.165, 1.54) is 5.56 Å². The first kappa shape index (κ1) is 18.6. The molecule has 5 nitrogen and oxygen atoms in total. The Kier molecular flexibility index (Phi) is 5.77. The van der Waals surface area contributed by atoms with E-state index in [9.17, 15) is 4.79 Å². The van der Waals surface area contributed by atoms with Crippen molar-refractivity contribution in [3.8, 4) is 5.69 Å². The van der Waals surface area contributed by atoms with E-state index >= 15 is 0 Å². The van der Waals surface area contributed by atoms with Gasteiger partial charge < -0.3 is 10.2 Å². The van der Waals surface area contributed by atoms with E-state index in [0.717, 1.165) is 54.9 Å². The molecule has 3 rings (SSSR count). The van der Waals surface area contributed by atoms with E-state index in [-0.39, 0.29) is 5.91 Å². The number of hydrogen-bond donors (Lipinski definition) is 1. The van der Waals surface area contributed by atoms with E-state index in [1.807, 2.05) is 30.9 Å². The zero-order valence-corrected chi connectivity index (χ0v) is 16.4. The molecule has 2 aromatic rings. The number of aromatic nitrogens is 2. The molecule has 0 spiro atoms. The third-order valence-electron chi connectivity index (χ3n) is 4.87. The number of carbonyl (C=O) groups is 1. The van der Waals surface area contributed by atoms with E-state index in [4.69, 9.17) is 5.10 Å². The van der Waals surface area contributed by atoms with Crippen LogP contribution in [0.3, 0.4) is 0 Å². The van der Waals surface area contributed by atoms with Crippen molar-refractivity contribution in [2.75, 3.05) is 27.2 Å². The van der Waals surface area contributed by atoms with E-state index in [2.05, 4.69) is 36.2 Å². The summed E-state index contributed by atoms with van der Waals surface area (Å²) >= 11 is 0. The topological polar surface area (TPSA) is 50.2 Å². The number of nitrogens with one attached hydrogen (secondary N) is 1. The quantitative estimate of drug-likeness (QED) is 0.791. The van der Waals surface area contributed by atoms with Crippen molar-refractivity contribution in [1.82, 2.24) is 20.0 Å². The van der Waals surface area contributed by atoms with Crippen molar-refractivity contribution in [1.29, 1.82) is 0 Å². The fourth-order valence-electron chi connectivity index (χ4n) is 3.31. The Bertz CT molecular complexity index is 774. The molecule has 1 saturated carbocycles. The van der Waals surface area contributed by atoms with Gasteiger partial charge in [0, 0.05) is 19.0 Å². The summed E-state index contributed by atoms with van der Waals surface area (Å²) < 4.78 is 2.02. The molecular weight excluding hydrogens is 324 g/mol. The number of carbonyl (C=O) groups excluding carboxylic acids is 1. The number of amides is 1. The summed E-state index contributed by atoms with van der Waals surface area (Å²) in [7, 11) is 4.03. The Balaban J connectivity index is 2.01. The van der Waals surface area contributed by atoms with Crippen LogP contribution in [0.4, 0.5) is 0 Å². The number of likely N-dealkylation sites (N-methyl/N-ethyl adjacent to an activating group) is 1. The van der Waals surface area contributed by atoms with Crippen molar-refractivity contribution in [2.45, 2.75) is 45.4 Å². The van der Waals surface area contributed by atoms with Crippen LogP contribution in [0.5, 0.6) is 0 Å². The van der Waals surface area contributed by atoms with Crippen LogP contribution < -0.4 is 5.32 Å². The molecule has 1 aromatic heterocycles. The number of benzene rings is 1. The fourth-order valence-corrected chi connectivity index (χ4v) is 3.31. The monoisotopic (exact) mass is 354 g/mol. The van der Waals surface area contributed by atoms with Crippen molar-refractivity contribution in [2.24, 2.45) is 0 Å². The van der Waals surface area contributed by atoms with Crippen LogP contribution >= 0.6 is 0 Å². The summed E-state index contributed by atoms with van der Waals surface area (Å²) in [4.78, 5) is 15.1. The second-order valence-electron chi connectivity index (χ2n) is 7.49. The molecule has 0 saturated heterocycles. The molecule has 1 aromatic carbocycles. The van der Waals surface area contributed by atoms with Crippen molar-refractivity contribution in [3.05, 3.63) is 46.8 Å². The van der Waals surface area contributed by atoms with Crippen LogP contribution in [-0.4, -0.2) is 47.8 Å². The minimum atomic E-state index is 0.0250. The van der Waals surface area contributed by atoms with Crippen LogP contribution in [0.15, 0.2) is 24.3 Å². The lowest BCUT2D eigenvalue weighted by molar-refractivity contribution is 0.0949. The van der Waals surface area contributed by atoms with E-state index in [1.54, 1.807) is 0 Å². The Labute approximate surface area is 156 Å². The standard InChI is InChI=1S/C21H30N4O/c1-5-8-18-19(21(26)22-13-14-24(3)4)20(16-11-12-16)23-25(18)17-10-7-6-9-15(17)2/h6-7,9-10,16H,5,8,11-14H2,1-4H3,(H,22,26). The summed E-state index contributed by atoms with van der Waals surface area (Å²) in [6, 6.07) is 8.26. The molecule has 0 unspecified atom stereocenters. The Morgan fingerprint density at radius 3 is 2.65 bits per heavy atom. The summed E-state index contributed by atoms with van der Waals surface area (Å²) in [6.07, 6.45) is 4.10. The van der Waals surface area contributed by atoms with E-state index < -0.39 is 0 Å². The van der Waals surface area contributed by atoms with Crippen molar-refractivity contribution < 1.29 is 4.79 Å². The Morgan fingerprint density at radius 2 is 2.04 bits per heavy atom. The minimum Gasteiger partial charge on any atom is -0.351 e. The van der Waals surface area contributed by atoms with Crippen LogP contribution in [0.2, 0.25) is 0 Å². The predicted octanol–water partition coefficient (Wildman–Crippen LogP) is 3.30. The van der Waals surface area contributed by atoms with Crippen LogP contribution in [0, 0.1) is 6.92 Å². The second-order valence-corrected chi connectivity index (χ2v) is 7.49. The molecule has 1 N–H and O–H groups in total.